The Morgan fingerprint density at radius 1 is 1.33 bits per heavy atom. The van der Waals surface area contributed by atoms with Crippen LogP contribution >= 0.6 is 0 Å². The second-order valence-electron chi connectivity index (χ2n) is 4.98. The molecular formula is C15H23FN2. The van der Waals surface area contributed by atoms with E-state index in [4.69, 9.17) is 4.98 Å². The van der Waals surface area contributed by atoms with Crippen LogP contribution < -0.4 is 5.32 Å². The lowest BCUT2D eigenvalue weighted by Gasteiger charge is -2.21. The van der Waals surface area contributed by atoms with Gasteiger partial charge in [-0.15, -0.1) is 0 Å². The first-order valence-corrected chi connectivity index (χ1v) is 7.16. The van der Waals surface area contributed by atoms with Gasteiger partial charge in [-0.1, -0.05) is 13.3 Å². The lowest BCUT2D eigenvalue weighted by atomic mass is 9.97. The second-order valence-corrected chi connectivity index (χ2v) is 4.98. The van der Waals surface area contributed by atoms with Gasteiger partial charge in [0, 0.05) is 12.2 Å². The highest BCUT2D eigenvalue weighted by Crippen LogP contribution is 2.25. The maximum atomic E-state index is 12.0. The third-order valence-electron chi connectivity index (χ3n) is 3.61. The summed E-state index contributed by atoms with van der Waals surface area (Å²) in [6.07, 6.45) is 7.09. The van der Waals surface area contributed by atoms with Crippen molar-refractivity contribution >= 4 is 5.82 Å². The Labute approximate surface area is 109 Å². The van der Waals surface area contributed by atoms with Crippen LogP contribution in [0, 0.1) is 0 Å². The third kappa shape index (κ3) is 3.21. The van der Waals surface area contributed by atoms with E-state index >= 15 is 0 Å². The number of pyridine rings is 1. The molecule has 1 aliphatic rings. The van der Waals surface area contributed by atoms with E-state index in [1.54, 1.807) is 0 Å². The first-order valence-electron chi connectivity index (χ1n) is 7.16. The number of nitrogens with zero attached hydrogens (tertiary/aromatic N) is 1. The van der Waals surface area contributed by atoms with Gasteiger partial charge in [-0.05, 0) is 55.7 Å². The van der Waals surface area contributed by atoms with Crippen molar-refractivity contribution in [2.24, 2.45) is 0 Å². The highest BCUT2D eigenvalue weighted by molar-refractivity contribution is 5.51. The van der Waals surface area contributed by atoms with Crippen molar-refractivity contribution in [2.45, 2.75) is 51.9 Å². The van der Waals surface area contributed by atoms with Crippen molar-refractivity contribution in [1.29, 1.82) is 0 Å². The van der Waals surface area contributed by atoms with Gasteiger partial charge < -0.3 is 5.32 Å². The summed E-state index contributed by atoms with van der Waals surface area (Å²) < 4.78 is 12.0. The van der Waals surface area contributed by atoms with Crippen LogP contribution in [0.2, 0.25) is 0 Å². The van der Waals surface area contributed by atoms with Crippen LogP contribution in [0.5, 0.6) is 0 Å². The molecule has 0 saturated heterocycles. The molecule has 0 unspecified atom stereocenters. The number of hydrogen-bond donors (Lipinski definition) is 1. The van der Waals surface area contributed by atoms with E-state index in [1.165, 1.54) is 23.2 Å². The molecule has 1 aromatic rings. The molecule has 2 rings (SSSR count). The molecule has 0 bridgehead atoms. The van der Waals surface area contributed by atoms with Gasteiger partial charge >= 0.3 is 0 Å². The summed E-state index contributed by atoms with van der Waals surface area (Å²) in [7, 11) is 0. The second kappa shape index (κ2) is 6.72. The maximum absolute atomic E-state index is 12.0. The molecule has 0 fully saturated rings. The van der Waals surface area contributed by atoms with Crippen LogP contribution in [0.15, 0.2) is 6.07 Å². The molecule has 0 aliphatic carbocycles. The molecule has 3 heteroatoms. The number of hydrogen-bond acceptors (Lipinski definition) is 2. The molecule has 18 heavy (non-hydrogen) atoms. The number of rotatable bonds is 6. The van der Waals surface area contributed by atoms with Gasteiger partial charge in [0.05, 0.1) is 6.67 Å². The monoisotopic (exact) mass is 250 g/mol. The number of aromatic nitrogens is 1. The van der Waals surface area contributed by atoms with E-state index in [2.05, 4.69) is 18.3 Å². The lowest BCUT2D eigenvalue weighted by molar-refractivity contribution is 0.456. The van der Waals surface area contributed by atoms with Crippen LogP contribution in [0.3, 0.4) is 0 Å². The summed E-state index contributed by atoms with van der Waals surface area (Å²) >= 11 is 0. The van der Waals surface area contributed by atoms with Crippen molar-refractivity contribution in [3.8, 4) is 0 Å². The molecule has 1 aliphatic heterocycles. The zero-order chi connectivity index (χ0) is 12.8. The van der Waals surface area contributed by atoms with Crippen molar-refractivity contribution in [2.75, 3.05) is 18.5 Å². The predicted molar refractivity (Wildman–Crippen MR) is 74.0 cm³/mol. The minimum absolute atomic E-state index is 0.195. The molecule has 0 spiro atoms. The van der Waals surface area contributed by atoms with E-state index in [-0.39, 0.29) is 6.67 Å². The first kappa shape index (κ1) is 13.3. The number of alkyl halides is 1. The molecule has 1 N–H and O–H groups in total. The first-order chi connectivity index (χ1) is 8.85. The van der Waals surface area contributed by atoms with Gasteiger partial charge in [0.2, 0.25) is 0 Å². The fourth-order valence-electron chi connectivity index (χ4n) is 2.60. The maximum Gasteiger partial charge on any atom is 0.129 e. The molecular weight excluding hydrogens is 227 g/mol. The van der Waals surface area contributed by atoms with Crippen LogP contribution in [0.4, 0.5) is 10.2 Å². The third-order valence-corrected chi connectivity index (χ3v) is 3.61. The Kier molecular flexibility index (Phi) is 4.97. The summed E-state index contributed by atoms with van der Waals surface area (Å²) in [5, 5.41) is 3.41. The van der Waals surface area contributed by atoms with Crippen LogP contribution in [-0.4, -0.2) is 18.2 Å². The predicted octanol–water partition coefficient (Wildman–Crippen LogP) is 3.68. The minimum atomic E-state index is -0.195. The van der Waals surface area contributed by atoms with Gasteiger partial charge in [-0.2, -0.15) is 0 Å². The molecule has 0 amide bonds. The Hall–Kier alpha value is -1.12. The molecule has 2 heterocycles. The molecule has 2 nitrogen and oxygen atoms in total. The Morgan fingerprint density at radius 2 is 2.22 bits per heavy atom. The van der Waals surface area contributed by atoms with Crippen LogP contribution in [0.1, 0.15) is 49.4 Å². The Bertz CT molecular complexity index is 373. The quantitative estimate of drug-likeness (QED) is 0.779. The largest absolute Gasteiger partial charge is 0.370 e. The Balaban J connectivity index is 2.06. The fraction of sp³-hybridized carbons (Fsp3) is 0.667. The van der Waals surface area contributed by atoms with E-state index in [0.29, 0.717) is 6.42 Å². The van der Waals surface area contributed by atoms with E-state index in [9.17, 15) is 4.39 Å². The molecule has 0 saturated carbocycles. The van der Waals surface area contributed by atoms with Crippen LogP contribution in [0.25, 0.3) is 0 Å². The Morgan fingerprint density at radius 3 is 3.00 bits per heavy atom. The molecule has 0 radical (unpaired) electrons. The van der Waals surface area contributed by atoms with Gasteiger partial charge in [0.15, 0.2) is 0 Å². The zero-order valence-electron chi connectivity index (χ0n) is 11.3. The number of nitrogens with one attached hydrogen (secondary N) is 1. The van der Waals surface area contributed by atoms with Gasteiger partial charge in [0.1, 0.15) is 5.82 Å². The van der Waals surface area contributed by atoms with Crippen molar-refractivity contribution in [1.82, 2.24) is 4.98 Å². The lowest BCUT2D eigenvalue weighted by Crippen LogP contribution is -2.16. The number of anilines is 1. The summed E-state index contributed by atoms with van der Waals surface area (Å²) in [5.41, 5.74) is 4.02. The smallest absolute Gasteiger partial charge is 0.129 e. The zero-order valence-corrected chi connectivity index (χ0v) is 11.3. The summed E-state index contributed by atoms with van der Waals surface area (Å²) in [6, 6.07) is 2.25. The van der Waals surface area contributed by atoms with E-state index in [1.807, 2.05) is 0 Å². The topological polar surface area (TPSA) is 24.9 Å². The highest BCUT2D eigenvalue weighted by atomic mass is 19.1. The number of unbranched alkanes of at least 4 members (excludes halogenated alkanes) is 2. The average Bonchev–Trinajstić information content (AvgIpc) is 2.42. The fourth-order valence-corrected chi connectivity index (χ4v) is 2.60. The number of fused-ring (bicyclic) bond motifs is 1. The standard InChI is InChI=1S/C15H23FN2/c1-2-12-11-13(7-4-3-5-9-16)18-15-14(12)8-6-10-17-15/h11H,2-10H2,1H3,(H,17,18). The summed E-state index contributed by atoms with van der Waals surface area (Å²) in [6.45, 7) is 3.05. The SMILES string of the molecule is CCc1cc(CCCCCF)nc2c1CCCN2. The highest BCUT2D eigenvalue weighted by Gasteiger charge is 2.14. The van der Waals surface area contributed by atoms with E-state index in [0.717, 1.165) is 44.5 Å². The van der Waals surface area contributed by atoms with Crippen molar-refractivity contribution in [3.63, 3.8) is 0 Å². The normalized spacial score (nSPS) is 14.1. The average molecular weight is 250 g/mol. The van der Waals surface area contributed by atoms with Crippen molar-refractivity contribution in [3.05, 3.63) is 22.9 Å². The van der Waals surface area contributed by atoms with Crippen molar-refractivity contribution < 1.29 is 4.39 Å². The molecule has 0 aromatic carbocycles. The minimum Gasteiger partial charge on any atom is -0.370 e. The van der Waals surface area contributed by atoms with Crippen LogP contribution in [-0.2, 0) is 19.3 Å². The van der Waals surface area contributed by atoms with Gasteiger partial charge in [-0.25, -0.2) is 4.98 Å². The van der Waals surface area contributed by atoms with E-state index < -0.39 is 0 Å². The molecule has 0 atom stereocenters. The van der Waals surface area contributed by atoms with Gasteiger partial charge in [0.25, 0.3) is 0 Å². The van der Waals surface area contributed by atoms with Gasteiger partial charge in [-0.3, -0.25) is 4.39 Å². The summed E-state index contributed by atoms with van der Waals surface area (Å²) in [5.74, 6) is 1.10. The molecule has 1 aromatic heterocycles. The molecule has 100 valence electrons. The number of aryl methyl sites for hydroxylation is 2. The number of halogens is 1. The summed E-state index contributed by atoms with van der Waals surface area (Å²) in [4.78, 5) is 4.71.